The summed E-state index contributed by atoms with van der Waals surface area (Å²) in [7, 11) is 0. The first-order chi connectivity index (χ1) is 22.1. The Morgan fingerprint density at radius 3 is 1.73 bits per heavy atom. The molecule has 0 bridgehead atoms. The zero-order valence-corrected chi connectivity index (χ0v) is 25.5. The molecule has 0 nitrogen and oxygen atoms in total. The Morgan fingerprint density at radius 2 is 0.911 bits per heavy atom. The molecule has 0 N–H and O–H groups in total. The van der Waals surface area contributed by atoms with Crippen molar-refractivity contribution in [2.24, 2.45) is 0 Å². The first-order valence-corrected chi connectivity index (χ1v) is 15.9. The predicted octanol–water partition coefficient (Wildman–Crippen LogP) is 12.5. The summed E-state index contributed by atoms with van der Waals surface area (Å²) in [4.78, 5) is 0. The van der Waals surface area contributed by atoms with Crippen LogP contribution in [0.1, 0.15) is 25.0 Å². The van der Waals surface area contributed by atoms with Crippen LogP contribution in [0.5, 0.6) is 0 Å². The molecule has 0 saturated heterocycles. The lowest BCUT2D eigenvalue weighted by atomic mass is 9.81. The Bertz CT molecular complexity index is 2440. The molecule has 0 heteroatoms. The summed E-state index contributed by atoms with van der Waals surface area (Å²) in [6.07, 6.45) is 0. The van der Waals surface area contributed by atoms with Crippen molar-refractivity contribution < 1.29 is 0 Å². The Hall–Kier alpha value is -5.46. The van der Waals surface area contributed by atoms with E-state index >= 15 is 0 Å². The zero-order valence-electron chi connectivity index (χ0n) is 25.5. The number of hydrogen-bond acceptors (Lipinski definition) is 0. The fraction of sp³-hybridized carbons (Fsp3) is 0.0667. The van der Waals surface area contributed by atoms with E-state index in [-0.39, 0.29) is 5.41 Å². The number of benzene rings is 8. The van der Waals surface area contributed by atoms with Gasteiger partial charge in [-0.3, -0.25) is 0 Å². The van der Waals surface area contributed by atoms with Crippen LogP contribution in [0.4, 0.5) is 0 Å². The van der Waals surface area contributed by atoms with E-state index in [0.29, 0.717) is 0 Å². The van der Waals surface area contributed by atoms with Crippen molar-refractivity contribution in [2.75, 3.05) is 0 Å². The van der Waals surface area contributed by atoms with Crippen molar-refractivity contribution in [2.45, 2.75) is 19.3 Å². The van der Waals surface area contributed by atoms with Crippen molar-refractivity contribution in [3.8, 4) is 44.5 Å². The molecule has 8 aromatic rings. The van der Waals surface area contributed by atoms with Crippen LogP contribution < -0.4 is 0 Å². The second kappa shape index (κ2) is 9.78. The number of rotatable bonds is 3. The Kier molecular flexibility index (Phi) is 5.64. The fourth-order valence-electron chi connectivity index (χ4n) is 7.93. The van der Waals surface area contributed by atoms with Gasteiger partial charge in [0.2, 0.25) is 0 Å². The van der Waals surface area contributed by atoms with Crippen molar-refractivity contribution in [1.82, 2.24) is 0 Å². The van der Waals surface area contributed by atoms with Crippen molar-refractivity contribution in [3.05, 3.63) is 169 Å². The molecule has 0 radical (unpaired) electrons. The third-order valence-corrected chi connectivity index (χ3v) is 10.1. The molecule has 1 aliphatic carbocycles. The molecule has 0 fully saturated rings. The molecule has 9 rings (SSSR count). The van der Waals surface area contributed by atoms with E-state index in [4.69, 9.17) is 0 Å². The van der Waals surface area contributed by atoms with Gasteiger partial charge in [-0.15, -0.1) is 0 Å². The summed E-state index contributed by atoms with van der Waals surface area (Å²) in [5.74, 6) is 0. The Labute approximate surface area is 264 Å². The standard InChI is InChI=1S/C45H32/c1-45(2)41-22-11-10-18-35(41)39-28-32(24-26-42(39)45)44-37-20-9-8-19-36(37)43(30-14-4-3-5-15-30)38-25-23-31(27-40(38)44)34-21-12-16-29-13-6-7-17-33(29)34/h3-28H,1-2H3. The quantitative estimate of drug-likeness (QED) is 0.185. The maximum absolute atomic E-state index is 2.46. The van der Waals surface area contributed by atoms with Crippen LogP contribution in [-0.2, 0) is 5.41 Å². The maximum atomic E-state index is 2.46. The summed E-state index contributed by atoms with van der Waals surface area (Å²) in [6, 6.07) is 58.5. The van der Waals surface area contributed by atoms with Crippen LogP contribution in [-0.4, -0.2) is 0 Å². The molecule has 0 saturated carbocycles. The van der Waals surface area contributed by atoms with Gasteiger partial charge in [0, 0.05) is 5.41 Å². The SMILES string of the molecule is CC1(C)c2ccccc2-c2cc(-c3c4ccccc4c(-c4ccccc4)c4ccc(-c5cccc6ccccc56)cc34)ccc21. The van der Waals surface area contributed by atoms with Gasteiger partial charge in [0.25, 0.3) is 0 Å². The van der Waals surface area contributed by atoms with E-state index in [1.807, 2.05) is 0 Å². The zero-order chi connectivity index (χ0) is 30.1. The lowest BCUT2D eigenvalue weighted by Gasteiger charge is -2.22. The van der Waals surface area contributed by atoms with Gasteiger partial charge >= 0.3 is 0 Å². The van der Waals surface area contributed by atoms with E-state index in [0.717, 1.165) is 0 Å². The van der Waals surface area contributed by atoms with Crippen LogP contribution in [0.2, 0.25) is 0 Å². The van der Waals surface area contributed by atoms with Crippen molar-refractivity contribution >= 4 is 32.3 Å². The predicted molar refractivity (Wildman–Crippen MR) is 193 cm³/mol. The molecule has 45 heavy (non-hydrogen) atoms. The van der Waals surface area contributed by atoms with E-state index in [1.54, 1.807) is 0 Å². The topological polar surface area (TPSA) is 0 Å². The van der Waals surface area contributed by atoms with E-state index in [1.165, 1.54) is 88.0 Å². The van der Waals surface area contributed by atoms with Crippen LogP contribution in [0.3, 0.4) is 0 Å². The molecule has 0 atom stereocenters. The van der Waals surface area contributed by atoms with Gasteiger partial charge in [-0.25, -0.2) is 0 Å². The molecule has 0 unspecified atom stereocenters. The minimum atomic E-state index is -0.0205. The lowest BCUT2D eigenvalue weighted by Crippen LogP contribution is -2.14. The minimum absolute atomic E-state index is 0.0205. The van der Waals surface area contributed by atoms with Gasteiger partial charge in [0.1, 0.15) is 0 Å². The monoisotopic (exact) mass is 572 g/mol. The highest BCUT2D eigenvalue weighted by Crippen LogP contribution is 2.51. The summed E-state index contributed by atoms with van der Waals surface area (Å²) >= 11 is 0. The van der Waals surface area contributed by atoms with E-state index in [9.17, 15) is 0 Å². The average Bonchev–Trinajstić information content (AvgIpc) is 3.32. The van der Waals surface area contributed by atoms with Gasteiger partial charge in [-0.1, -0.05) is 159 Å². The molecular weight excluding hydrogens is 540 g/mol. The lowest BCUT2D eigenvalue weighted by molar-refractivity contribution is 0.660. The minimum Gasteiger partial charge on any atom is -0.0622 e. The van der Waals surface area contributed by atoms with Gasteiger partial charge < -0.3 is 0 Å². The first kappa shape index (κ1) is 26.0. The normalized spacial score (nSPS) is 13.3. The van der Waals surface area contributed by atoms with Crippen molar-refractivity contribution in [1.29, 1.82) is 0 Å². The number of hydrogen-bond donors (Lipinski definition) is 0. The molecule has 8 aromatic carbocycles. The summed E-state index contributed by atoms with van der Waals surface area (Å²) in [5.41, 5.74) is 13.1. The molecule has 0 aliphatic heterocycles. The fourth-order valence-corrected chi connectivity index (χ4v) is 7.93. The van der Waals surface area contributed by atoms with Gasteiger partial charge in [-0.05, 0) is 100 Å². The maximum Gasteiger partial charge on any atom is 0.0158 e. The average molecular weight is 573 g/mol. The summed E-state index contributed by atoms with van der Waals surface area (Å²) < 4.78 is 0. The summed E-state index contributed by atoms with van der Waals surface area (Å²) in [6.45, 7) is 4.71. The third kappa shape index (κ3) is 3.85. The molecule has 0 spiro atoms. The Morgan fingerprint density at radius 1 is 0.333 bits per heavy atom. The van der Waals surface area contributed by atoms with Gasteiger partial charge in [0.05, 0.1) is 0 Å². The van der Waals surface area contributed by atoms with E-state index in [2.05, 4.69) is 172 Å². The molecular formula is C45H32. The van der Waals surface area contributed by atoms with Crippen LogP contribution in [0.15, 0.2) is 158 Å². The third-order valence-electron chi connectivity index (χ3n) is 10.1. The summed E-state index contributed by atoms with van der Waals surface area (Å²) in [5, 5.41) is 7.67. The Balaban J connectivity index is 1.40. The van der Waals surface area contributed by atoms with Gasteiger partial charge in [0.15, 0.2) is 0 Å². The number of fused-ring (bicyclic) bond motifs is 6. The van der Waals surface area contributed by atoms with E-state index < -0.39 is 0 Å². The molecule has 0 heterocycles. The second-order valence-corrected chi connectivity index (χ2v) is 12.9. The highest BCUT2D eigenvalue weighted by Gasteiger charge is 2.35. The highest BCUT2D eigenvalue weighted by molar-refractivity contribution is 6.22. The molecule has 0 aromatic heterocycles. The first-order valence-electron chi connectivity index (χ1n) is 15.9. The van der Waals surface area contributed by atoms with Crippen molar-refractivity contribution in [3.63, 3.8) is 0 Å². The second-order valence-electron chi connectivity index (χ2n) is 12.9. The van der Waals surface area contributed by atoms with Crippen LogP contribution in [0.25, 0.3) is 76.8 Å². The molecule has 0 amide bonds. The molecule has 212 valence electrons. The van der Waals surface area contributed by atoms with Gasteiger partial charge in [-0.2, -0.15) is 0 Å². The van der Waals surface area contributed by atoms with Crippen LogP contribution >= 0.6 is 0 Å². The van der Waals surface area contributed by atoms with Crippen LogP contribution in [0, 0.1) is 0 Å². The largest absolute Gasteiger partial charge is 0.0622 e. The molecule has 1 aliphatic rings. The smallest absolute Gasteiger partial charge is 0.0158 e. The highest BCUT2D eigenvalue weighted by atomic mass is 14.4.